The van der Waals surface area contributed by atoms with Gasteiger partial charge in [0.1, 0.15) is 0 Å². The van der Waals surface area contributed by atoms with E-state index in [9.17, 15) is 0 Å². The van der Waals surface area contributed by atoms with Crippen LogP contribution in [0.25, 0.3) is 0 Å². The average Bonchev–Trinajstić information content (AvgIpc) is 1.12. The van der Waals surface area contributed by atoms with Gasteiger partial charge in [-0.25, -0.2) is 0 Å². The number of hydrogen-bond donors (Lipinski definition) is 0. The van der Waals surface area contributed by atoms with Crippen LogP contribution >= 0.6 is 15.6 Å². The SMILES string of the molecule is O=P([O-])([O-])[O-].O=P([O-])([O-])[O-].[Cr].[Cr].[Cr].[Mg+2].[Mg+2].[Mg+2]. The molecule has 0 aromatic rings. The van der Waals surface area contributed by atoms with Gasteiger partial charge in [0, 0.05) is 52.1 Å². The van der Waals surface area contributed by atoms with Crippen molar-refractivity contribution in [1.82, 2.24) is 0 Å². The number of rotatable bonds is 0. The number of phosphoric acid groups is 2. The van der Waals surface area contributed by atoms with Crippen molar-refractivity contribution in [3.8, 4) is 0 Å². The van der Waals surface area contributed by atoms with Crippen molar-refractivity contribution in [2.24, 2.45) is 0 Å². The predicted octanol–water partition coefficient (Wildman–Crippen LogP) is -6.80. The Hall–Kier alpha value is 4.12. The largest absolute Gasteiger partial charge is 2.00 e. The van der Waals surface area contributed by atoms with E-state index in [-0.39, 0.29) is 121 Å². The normalized spacial score (nSPS) is 7.38. The van der Waals surface area contributed by atoms with Crippen LogP contribution in [0.4, 0.5) is 0 Å². The minimum atomic E-state index is -5.39. The fraction of sp³-hybridized carbons (Fsp3) is 0. The third kappa shape index (κ3) is 313. The third-order valence-corrected chi connectivity index (χ3v) is 0. The van der Waals surface area contributed by atoms with E-state index in [4.69, 9.17) is 38.5 Å². The molecule has 82 valence electrons. The summed E-state index contributed by atoms with van der Waals surface area (Å²) in [6.07, 6.45) is 0. The first-order chi connectivity index (χ1) is 4.00. The zero-order chi connectivity index (χ0) is 9.00. The molecule has 0 aliphatic carbocycles. The van der Waals surface area contributed by atoms with Crippen molar-refractivity contribution >= 4 is 84.8 Å². The van der Waals surface area contributed by atoms with E-state index in [0.29, 0.717) is 0 Å². The zero-order valence-corrected chi connectivity index (χ0v) is 17.4. The van der Waals surface area contributed by atoms with Crippen LogP contribution in [0.3, 0.4) is 0 Å². The molecule has 16 heavy (non-hydrogen) atoms. The molecule has 0 saturated heterocycles. The molecule has 0 unspecified atom stereocenters. The van der Waals surface area contributed by atoms with Gasteiger partial charge >= 0.3 is 69.2 Å². The summed E-state index contributed by atoms with van der Waals surface area (Å²) in [5.74, 6) is 0. The second-order valence-corrected chi connectivity index (χ2v) is 2.68. The molecule has 16 heteroatoms. The molecule has 0 N–H and O–H groups in total. The molecule has 0 aromatic carbocycles. The van der Waals surface area contributed by atoms with E-state index < -0.39 is 15.6 Å². The van der Waals surface area contributed by atoms with Gasteiger partial charge in [-0.2, -0.15) is 15.6 Å². The van der Waals surface area contributed by atoms with Crippen molar-refractivity contribution in [2.75, 3.05) is 0 Å². The molecule has 8 nitrogen and oxygen atoms in total. The van der Waals surface area contributed by atoms with Crippen LogP contribution in [0.5, 0.6) is 0 Å². The van der Waals surface area contributed by atoms with Crippen molar-refractivity contribution in [3.63, 3.8) is 0 Å². The number of hydrogen-bond acceptors (Lipinski definition) is 8. The Bertz CT molecular complexity index is 141. The first kappa shape index (κ1) is 50.1. The average molecular weight is 419 g/mol. The van der Waals surface area contributed by atoms with Crippen LogP contribution < -0.4 is 29.4 Å². The van der Waals surface area contributed by atoms with E-state index in [1.807, 2.05) is 0 Å². The van der Waals surface area contributed by atoms with Crippen LogP contribution in [-0.2, 0) is 61.2 Å². The van der Waals surface area contributed by atoms with Gasteiger partial charge in [-0.05, 0) is 0 Å². The molecule has 0 saturated carbocycles. The Balaban J connectivity index is -0.00000000970. The molecule has 0 spiro atoms. The van der Waals surface area contributed by atoms with Crippen molar-refractivity contribution < 1.29 is 90.6 Å². The van der Waals surface area contributed by atoms with Gasteiger partial charge in [0.05, 0.1) is 0 Å². The van der Waals surface area contributed by atoms with Gasteiger partial charge in [-0.15, -0.1) is 0 Å². The van der Waals surface area contributed by atoms with Crippen LogP contribution in [-0.4, -0.2) is 69.2 Å². The quantitative estimate of drug-likeness (QED) is 0.275. The van der Waals surface area contributed by atoms with Crippen LogP contribution in [0.1, 0.15) is 0 Å². The Morgan fingerprint density at radius 1 is 0.500 bits per heavy atom. The minimum absolute atomic E-state index is 0. The molecule has 0 aliphatic rings. The smallest absolute Gasteiger partial charge is 0.822 e. The van der Waals surface area contributed by atoms with Crippen LogP contribution in [0.2, 0.25) is 0 Å². The summed E-state index contributed by atoms with van der Waals surface area (Å²) in [6, 6.07) is 0. The van der Waals surface area contributed by atoms with Gasteiger partial charge < -0.3 is 38.5 Å². The third-order valence-electron chi connectivity index (χ3n) is 0. The molecule has 0 rings (SSSR count). The molecular weight excluding hydrogens is 419 g/mol. The first-order valence-corrected chi connectivity index (χ1v) is 4.38. The maximum atomic E-state index is 8.55. The summed E-state index contributed by atoms with van der Waals surface area (Å²) >= 11 is 0. The Labute approximate surface area is 173 Å². The molecule has 0 amide bonds. The van der Waals surface area contributed by atoms with E-state index >= 15 is 0 Å². The Morgan fingerprint density at radius 3 is 0.500 bits per heavy atom. The molecule has 0 aliphatic heterocycles. The van der Waals surface area contributed by atoms with Crippen LogP contribution in [0, 0.1) is 0 Å². The first-order valence-electron chi connectivity index (χ1n) is 1.46. The summed E-state index contributed by atoms with van der Waals surface area (Å²) in [6.45, 7) is 0. The topological polar surface area (TPSA) is 172 Å². The monoisotopic (exact) mass is 418 g/mol. The predicted molar refractivity (Wildman–Crippen MR) is 32.5 cm³/mol. The van der Waals surface area contributed by atoms with Crippen LogP contribution in [0.15, 0.2) is 0 Å². The fourth-order valence-corrected chi connectivity index (χ4v) is 0. The summed E-state index contributed by atoms with van der Waals surface area (Å²) in [5, 5.41) is 0. The Morgan fingerprint density at radius 2 is 0.500 bits per heavy atom. The molecule has 0 fully saturated rings. The molecular formula is Cr3Mg3O8P2. The maximum absolute atomic E-state index is 8.55. The van der Waals surface area contributed by atoms with Crippen molar-refractivity contribution in [1.29, 1.82) is 0 Å². The summed E-state index contributed by atoms with van der Waals surface area (Å²) < 4.78 is 17.1. The summed E-state index contributed by atoms with van der Waals surface area (Å²) in [4.78, 5) is 51.3. The van der Waals surface area contributed by atoms with Gasteiger partial charge in [0.2, 0.25) is 0 Å². The molecule has 0 atom stereocenters. The summed E-state index contributed by atoms with van der Waals surface area (Å²) in [7, 11) is -10.8. The van der Waals surface area contributed by atoms with E-state index in [1.165, 1.54) is 0 Å². The standard InChI is InChI=1S/3Cr.3Mg.2H3O4P/c;;;;;;2*1-5(2,3)4/h;;;;;;2*(H3,1,2,3,4)/q;;;3*+2;;/p-6. The molecule has 0 aromatic heterocycles. The van der Waals surface area contributed by atoms with Gasteiger partial charge in [0.25, 0.3) is 0 Å². The van der Waals surface area contributed by atoms with Gasteiger partial charge in [0.15, 0.2) is 0 Å². The maximum Gasteiger partial charge on any atom is 2.00 e. The zero-order valence-electron chi connectivity index (χ0n) is 7.51. The molecule has 0 heterocycles. The Kier molecular flexibility index (Phi) is 75.6. The van der Waals surface area contributed by atoms with E-state index in [2.05, 4.69) is 0 Å². The van der Waals surface area contributed by atoms with Gasteiger partial charge in [-0.1, -0.05) is 0 Å². The van der Waals surface area contributed by atoms with Crippen molar-refractivity contribution in [3.05, 3.63) is 0 Å². The van der Waals surface area contributed by atoms with E-state index in [0.717, 1.165) is 0 Å². The molecule has 0 radical (unpaired) electrons. The second-order valence-electron chi connectivity index (χ2n) is 0.894. The minimum Gasteiger partial charge on any atom is -0.822 e. The van der Waals surface area contributed by atoms with Crippen molar-refractivity contribution in [2.45, 2.75) is 0 Å². The molecule has 0 bridgehead atoms. The van der Waals surface area contributed by atoms with E-state index in [1.54, 1.807) is 0 Å². The fourth-order valence-electron chi connectivity index (χ4n) is 0. The van der Waals surface area contributed by atoms with Gasteiger partial charge in [-0.3, -0.25) is 0 Å². The second kappa shape index (κ2) is 24.2. The summed E-state index contributed by atoms with van der Waals surface area (Å²) in [5.41, 5.74) is 0.